The lowest BCUT2D eigenvalue weighted by atomic mass is 10.0. The summed E-state index contributed by atoms with van der Waals surface area (Å²) in [5.41, 5.74) is 0.745. The molecule has 2 rings (SSSR count). The topological polar surface area (TPSA) is 0 Å². The van der Waals surface area contributed by atoms with Crippen LogP contribution in [0.3, 0.4) is 0 Å². The average Bonchev–Trinajstić information content (AvgIpc) is 2.28. The molecule has 100 valence electrons. The number of rotatable bonds is 1. The predicted molar refractivity (Wildman–Crippen MR) is 77.3 cm³/mol. The fourth-order valence-corrected chi connectivity index (χ4v) is 3.11. The Morgan fingerprint density at radius 1 is 0.842 bits per heavy atom. The third-order valence-electron chi connectivity index (χ3n) is 2.52. The van der Waals surface area contributed by atoms with Crippen LogP contribution in [0.25, 0.3) is 11.1 Å². The van der Waals surface area contributed by atoms with Crippen LogP contribution in [-0.4, -0.2) is 0 Å². The first kappa shape index (κ1) is 14.9. The minimum atomic E-state index is -4.35. The summed E-state index contributed by atoms with van der Waals surface area (Å²) in [6.45, 7) is 0. The van der Waals surface area contributed by atoms with E-state index in [1.165, 1.54) is 6.07 Å². The van der Waals surface area contributed by atoms with Crippen molar-refractivity contribution >= 4 is 43.5 Å². The second-order valence-electron chi connectivity index (χ2n) is 3.82. The second-order valence-corrected chi connectivity index (χ2v) is 5.96. The molecule has 0 heterocycles. The average molecular weight is 414 g/mol. The van der Waals surface area contributed by atoms with Gasteiger partial charge in [0, 0.05) is 14.0 Å². The van der Waals surface area contributed by atoms with Crippen molar-refractivity contribution in [2.75, 3.05) is 0 Å². The van der Waals surface area contributed by atoms with Crippen molar-refractivity contribution < 1.29 is 13.2 Å². The van der Waals surface area contributed by atoms with E-state index < -0.39 is 11.7 Å². The van der Waals surface area contributed by atoms with E-state index in [9.17, 15) is 13.2 Å². The van der Waals surface area contributed by atoms with Gasteiger partial charge in [-0.3, -0.25) is 0 Å². The van der Waals surface area contributed by atoms with Crippen LogP contribution in [0.1, 0.15) is 5.56 Å². The maximum absolute atomic E-state index is 12.6. The number of hydrogen-bond acceptors (Lipinski definition) is 0. The molecule has 2 aromatic rings. The minimum absolute atomic E-state index is 0.380. The molecule has 6 heteroatoms. The van der Waals surface area contributed by atoms with Crippen molar-refractivity contribution in [3.8, 4) is 11.1 Å². The molecule has 0 unspecified atom stereocenters. The Bertz CT molecular complexity index is 624. The zero-order chi connectivity index (χ0) is 14.2. The largest absolute Gasteiger partial charge is 0.416 e. The van der Waals surface area contributed by atoms with Crippen LogP contribution < -0.4 is 0 Å². The molecule has 19 heavy (non-hydrogen) atoms. The van der Waals surface area contributed by atoms with Gasteiger partial charge < -0.3 is 0 Å². The Morgan fingerprint density at radius 3 is 1.84 bits per heavy atom. The maximum Gasteiger partial charge on any atom is 0.416 e. The fraction of sp³-hybridized carbons (Fsp3) is 0.0769. The van der Waals surface area contributed by atoms with Crippen molar-refractivity contribution in [2.45, 2.75) is 6.18 Å². The van der Waals surface area contributed by atoms with Crippen molar-refractivity contribution in [3.63, 3.8) is 0 Å². The van der Waals surface area contributed by atoms with Crippen LogP contribution in [-0.2, 0) is 6.18 Å². The smallest absolute Gasteiger partial charge is 0.166 e. The lowest BCUT2D eigenvalue weighted by molar-refractivity contribution is -0.137. The van der Waals surface area contributed by atoms with Crippen molar-refractivity contribution in [1.82, 2.24) is 0 Å². The molecule has 0 amide bonds. The summed E-state index contributed by atoms with van der Waals surface area (Å²) in [4.78, 5) is 0. The number of benzene rings is 2. The van der Waals surface area contributed by atoms with Gasteiger partial charge in [0.25, 0.3) is 0 Å². The summed E-state index contributed by atoms with van der Waals surface area (Å²) in [7, 11) is 0. The maximum atomic E-state index is 12.6. The zero-order valence-electron chi connectivity index (χ0n) is 9.23. The van der Waals surface area contributed by atoms with Gasteiger partial charge in [-0.25, -0.2) is 0 Å². The number of halogens is 6. The molecule has 0 aliphatic heterocycles. The fourth-order valence-electron chi connectivity index (χ4n) is 1.62. The van der Waals surface area contributed by atoms with Gasteiger partial charge in [-0.15, -0.1) is 0 Å². The van der Waals surface area contributed by atoms with Gasteiger partial charge in [0.2, 0.25) is 0 Å². The molecule has 0 saturated carbocycles. The Labute approximate surface area is 129 Å². The highest BCUT2D eigenvalue weighted by atomic mass is 79.9. The van der Waals surface area contributed by atoms with E-state index in [1.807, 2.05) is 0 Å². The van der Waals surface area contributed by atoms with Crippen LogP contribution in [0.5, 0.6) is 0 Å². The van der Waals surface area contributed by atoms with Gasteiger partial charge in [-0.1, -0.05) is 55.6 Å². The third-order valence-corrected chi connectivity index (χ3v) is 4.06. The minimum Gasteiger partial charge on any atom is -0.166 e. The highest BCUT2D eigenvalue weighted by Gasteiger charge is 2.30. The van der Waals surface area contributed by atoms with Crippen LogP contribution in [0.4, 0.5) is 13.2 Å². The van der Waals surface area contributed by atoms with Gasteiger partial charge >= 0.3 is 6.18 Å². The van der Waals surface area contributed by atoms with E-state index in [0.29, 0.717) is 15.1 Å². The highest BCUT2D eigenvalue weighted by Crippen LogP contribution is 2.38. The number of hydrogen-bond donors (Lipinski definition) is 0. The van der Waals surface area contributed by atoms with Gasteiger partial charge in [0.05, 0.1) is 5.56 Å². The van der Waals surface area contributed by atoms with Crippen LogP contribution in [0.15, 0.2) is 45.3 Å². The van der Waals surface area contributed by atoms with E-state index in [4.69, 9.17) is 11.6 Å². The van der Waals surface area contributed by atoms with Gasteiger partial charge in [-0.2, -0.15) is 13.2 Å². The molecule has 0 aromatic heterocycles. The van der Waals surface area contributed by atoms with Gasteiger partial charge in [0.1, 0.15) is 0 Å². The molecule has 0 atom stereocenters. The zero-order valence-corrected chi connectivity index (χ0v) is 13.2. The van der Waals surface area contributed by atoms with E-state index in [1.54, 1.807) is 18.2 Å². The summed E-state index contributed by atoms with van der Waals surface area (Å²) in [5.74, 6) is 0. The summed E-state index contributed by atoms with van der Waals surface area (Å²) < 4.78 is 38.9. The first-order chi connectivity index (χ1) is 8.79. The molecule has 0 fully saturated rings. The van der Waals surface area contributed by atoms with Gasteiger partial charge in [0.15, 0.2) is 0 Å². The molecule has 0 bridgehead atoms. The Morgan fingerprint density at radius 2 is 1.37 bits per heavy atom. The summed E-state index contributed by atoms with van der Waals surface area (Å²) in [5, 5.41) is 0.554. The summed E-state index contributed by atoms with van der Waals surface area (Å²) >= 11 is 12.4. The lowest BCUT2D eigenvalue weighted by Gasteiger charge is -2.11. The SMILES string of the molecule is FC(F)(F)c1ccc(-c2ccc(Cl)cc2Br)c(Br)c1. The monoisotopic (exact) mass is 412 g/mol. The quantitative estimate of drug-likeness (QED) is 0.496. The molecular weight excluding hydrogens is 408 g/mol. The van der Waals surface area contributed by atoms with Crippen LogP contribution >= 0.6 is 43.5 Å². The molecule has 0 aliphatic carbocycles. The Hall–Kier alpha value is -0.520. The first-order valence-electron chi connectivity index (χ1n) is 5.11. The van der Waals surface area contributed by atoms with E-state index in [2.05, 4.69) is 31.9 Å². The Kier molecular flexibility index (Phi) is 4.28. The molecule has 0 saturated heterocycles. The van der Waals surface area contributed by atoms with Crippen LogP contribution in [0, 0.1) is 0 Å². The molecule has 0 radical (unpaired) electrons. The number of alkyl halides is 3. The highest BCUT2D eigenvalue weighted by molar-refractivity contribution is 9.11. The van der Waals surface area contributed by atoms with Crippen molar-refractivity contribution in [1.29, 1.82) is 0 Å². The first-order valence-corrected chi connectivity index (χ1v) is 7.07. The third kappa shape index (κ3) is 3.33. The lowest BCUT2D eigenvalue weighted by Crippen LogP contribution is -2.04. The molecular formula is C13H6Br2ClF3. The van der Waals surface area contributed by atoms with Crippen LogP contribution in [0.2, 0.25) is 5.02 Å². The van der Waals surface area contributed by atoms with Gasteiger partial charge in [-0.05, 0) is 35.4 Å². The standard InChI is InChI=1S/C13H6Br2ClF3/c14-11-5-7(13(17,18)19)1-3-9(11)10-4-2-8(16)6-12(10)15/h1-6H. The Balaban J connectivity index is 2.52. The van der Waals surface area contributed by atoms with Crippen molar-refractivity contribution in [3.05, 3.63) is 55.9 Å². The summed E-state index contributed by atoms with van der Waals surface area (Å²) in [6, 6.07) is 8.69. The molecule has 0 spiro atoms. The second kappa shape index (κ2) is 5.46. The van der Waals surface area contributed by atoms with E-state index >= 15 is 0 Å². The predicted octanol–water partition coefficient (Wildman–Crippen LogP) is 6.55. The molecule has 0 N–H and O–H groups in total. The van der Waals surface area contributed by atoms with E-state index in [0.717, 1.165) is 22.2 Å². The molecule has 2 aromatic carbocycles. The molecule has 0 nitrogen and oxygen atoms in total. The van der Waals surface area contributed by atoms with E-state index in [-0.39, 0.29) is 0 Å². The molecule has 0 aliphatic rings. The van der Waals surface area contributed by atoms with Crippen molar-refractivity contribution in [2.24, 2.45) is 0 Å². The summed E-state index contributed by atoms with van der Waals surface area (Å²) in [6.07, 6.45) is -4.35. The normalized spacial score (nSPS) is 11.7.